The van der Waals surface area contributed by atoms with Gasteiger partial charge in [0, 0.05) is 0 Å². The van der Waals surface area contributed by atoms with Crippen LogP contribution in [0.5, 0.6) is 0 Å². The molecule has 0 unspecified atom stereocenters. The van der Waals surface area contributed by atoms with Gasteiger partial charge in [-0.15, -0.1) is 0 Å². The highest BCUT2D eigenvalue weighted by Crippen LogP contribution is 2.10. The van der Waals surface area contributed by atoms with Crippen molar-refractivity contribution in [1.82, 2.24) is 4.73 Å². The fraction of sp³-hybridized carbons (Fsp3) is 0. The molecule has 1 N–H and O–H groups in total. The van der Waals surface area contributed by atoms with E-state index in [9.17, 15) is 0 Å². The van der Waals surface area contributed by atoms with Gasteiger partial charge in [0.2, 0.25) is 0 Å². The standard InChI is InChI=1S/C5H3ClN2O/c6-5-2-1-4(3-7)8(5)9/h1-2,9H. The highest BCUT2D eigenvalue weighted by atomic mass is 35.5. The summed E-state index contributed by atoms with van der Waals surface area (Å²) in [5.41, 5.74) is 0.139. The van der Waals surface area contributed by atoms with Gasteiger partial charge in [-0.05, 0) is 12.1 Å². The molecule has 0 fully saturated rings. The molecule has 0 amide bonds. The van der Waals surface area contributed by atoms with Crippen LogP contribution in [-0.4, -0.2) is 9.94 Å². The second-order valence-corrected chi connectivity index (χ2v) is 1.85. The van der Waals surface area contributed by atoms with Crippen LogP contribution in [0, 0.1) is 11.3 Å². The molecule has 0 atom stereocenters. The molecule has 46 valence electrons. The Balaban J connectivity index is 3.24. The number of rotatable bonds is 0. The van der Waals surface area contributed by atoms with Gasteiger partial charge < -0.3 is 5.21 Å². The van der Waals surface area contributed by atoms with E-state index in [-0.39, 0.29) is 10.8 Å². The normalized spacial score (nSPS) is 8.89. The van der Waals surface area contributed by atoms with Crippen LogP contribution >= 0.6 is 11.6 Å². The Morgan fingerprint density at radius 3 is 2.56 bits per heavy atom. The van der Waals surface area contributed by atoms with Gasteiger partial charge in [0.1, 0.15) is 11.2 Å². The number of hydrogen-bond acceptors (Lipinski definition) is 2. The third-order valence-electron chi connectivity index (χ3n) is 0.924. The monoisotopic (exact) mass is 142 g/mol. The van der Waals surface area contributed by atoms with Crippen molar-refractivity contribution < 1.29 is 5.21 Å². The van der Waals surface area contributed by atoms with E-state index < -0.39 is 0 Å². The molecule has 3 nitrogen and oxygen atoms in total. The van der Waals surface area contributed by atoms with Crippen LogP contribution in [0.3, 0.4) is 0 Å². The van der Waals surface area contributed by atoms with E-state index >= 15 is 0 Å². The fourth-order valence-electron chi connectivity index (χ4n) is 0.489. The maximum atomic E-state index is 8.80. The molecular weight excluding hydrogens is 140 g/mol. The van der Waals surface area contributed by atoms with Crippen LogP contribution in [0.1, 0.15) is 5.69 Å². The lowest BCUT2D eigenvalue weighted by atomic mass is 10.5. The number of nitriles is 1. The maximum Gasteiger partial charge on any atom is 0.158 e. The van der Waals surface area contributed by atoms with Crippen molar-refractivity contribution in [2.75, 3.05) is 0 Å². The highest BCUT2D eigenvalue weighted by Gasteiger charge is 2.00. The molecule has 0 aliphatic rings. The van der Waals surface area contributed by atoms with Crippen LogP contribution in [0.2, 0.25) is 5.15 Å². The van der Waals surface area contributed by atoms with Crippen LogP contribution in [0.15, 0.2) is 12.1 Å². The smallest absolute Gasteiger partial charge is 0.158 e. The third kappa shape index (κ3) is 0.843. The van der Waals surface area contributed by atoms with Crippen molar-refractivity contribution in [2.24, 2.45) is 0 Å². The largest absolute Gasteiger partial charge is 0.426 e. The Bertz CT molecular complexity index is 260. The van der Waals surface area contributed by atoms with Crippen LogP contribution in [-0.2, 0) is 0 Å². The van der Waals surface area contributed by atoms with Gasteiger partial charge >= 0.3 is 0 Å². The van der Waals surface area contributed by atoms with E-state index in [4.69, 9.17) is 22.1 Å². The van der Waals surface area contributed by atoms with Crippen LogP contribution < -0.4 is 0 Å². The second-order valence-electron chi connectivity index (χ2n) is 1.46. The summed E-state index contributed by atoms with van der Waals surface area (Å²) in [7, 11) is 0. The van der Waals surface area contributed by atoms with E-state index in [1.165, 1.54) is 12.1 Å². The molecule has 0 aliphatic carbocycles. The SMILES string of the molecule is N#Cc1ccc(Cl)n1O. The van der Waals surface area contributed by atoms with Crippen molar-refractivity contribution >= 4 is 11.6 Å². The first-order chi connectivity index (χ1) is 4.25. The van der Waals surface area contributed by atoms with Crippen molar-refractivity contribution in [3.63, 3.8) is 0 Å². The summed E-state index contributed by atoms with van der Waals surface area (Å²) in [4.78, 5) is 0. The molecule has 0 saturated heterocycles. The summed E-state index contributed by atoms with van der Waals surface area (Å²) in [6.07, 6.45) is 0. The van der Waals surface area contributed by atoms with E-state index in [0.717, 1.165) is 0 Å². The molecule has 4 heteroatoms. The second kappa shape index (κ2) is 2.00. The summed E-state index contributed by atoms with van der Waals surface area (Å²) in [6, 6.07) is 4.62. The Hall–Kier alpha value is -1.14. The minimum absolute atomic E-state index is 0.139. The summed E-state index contributed by atoms with van der Waals surface area (Å²) >= 11 is 5.37. The van der Waals surface area contributed by atoms with Crippen LogP contribution in [0.4, 0.5) is 0 Å². The zero-order chi connectivity index (χ0) is 6.85. The molecular formula is C5H3ClN2O. The topological polar surface area (TPSA) is 49.0 Å². The lowest BCUT2D eigenvalue weighted by Crippen LogP contribution is -1.91. The van der Waals surface area contributed by atoms with Gasteiger partial charge in [0.05, 0.1) is 0 Å². The summed E-state index contributed by atoms with van der Waals surface area (Å²) in [5.74, 6) is 0. The van der Waals surface area contributed by atoms with Gasteiger partial charge in [0.15, 0.2) is 5.69 Å². The Morgan fingerprint density at radius 1 is 1.67 bits per heavy atom. The first-order valence-electron chi connectivity index (χ1n) is 2.22. The van der Waals surface area contributed by atoms with E-state index in [0.29, 0.717) is 4.73 Å². The molecule has 1 aromatic rings. The van der Waals surface area contributed by atoms with Gasteiger partial charge in [-0.3, -0.25) is 0 Å². The summed E-state index contributed by atoms with van der Waals surface area (Å²) in [6.45, 7) is 0. The number of hydrogen-bond donors (Lipinski definition) is 1. The Morgan fingerprint density at radius 2 is 2.33 bits per heavy atom. The zero-order valence-corrected chi connectivity index (χ0v) is 5.13. The van der Waals surface area contributed by atoms with Crippen molar-refractivity contribution in [3.8, 4) is 6.07 Å². The molecule has 1 aromatic heterocycles. The first kappa shape index (κ1) is 5.99. The average molecular weight is 143 g/mol. The van der Waals surface area contributed by atoms with Gasteiger partial charge in [-0.1, -0.05) is 11.6 Å². The first-order valence-corrected chi connectivity index (χ1v) is 2.60. The lowest BCUT2D eigenvalue weighted by Gasteiger charge is -1.90. The summed E-state index contributed by atoms with van der Waals surface area (Å²) in [5, 5.41) is 17.2. The van der Waals surface area contributed by atoms with E-state index in [2.05, 4.69) is 0 Å². The van der Waals surface area contributed by atoms with E-state index in [1.807, 2.05) is 0 Å². The Kier molecular flexibility index (Phi) is 1.33. The van der Waals surface area contributed by atoms with Crippen molar-refractivity contribution in [1.29, 1.82) is 5.26 Å². The highest BCUT2D eigenvalue weighted by molar-refractivity contribution is 6.29. The number of halogens is 1. The molecule has 0 radical (unpaired) electrons. The molecule has 1 heterocycles. The third-order valence-corrected chi connectivity index (χ3v) is 1.21. The van der Waals surface area contributed by atoms with E-state index in [1.54, 1.807) is 6.07 Å². The quantitative estimate of drug-likeness (QED) is 0.555. The molecule has 0 aliphatic heterocycles. The summed E-state index contributed by atoms with van der Waals surface area (Å²) < 4.78 is 0.627. The number of nitrogens with zero attached hydrogens (tertiary/aromatic N) is 2. The van der Waals surface area contributed by atoms with Crippen LogP contribution in [0.25, 0.3) is 0 Å². The van der Waals surface area contributed by atoms with Gasteiger partial charge in [0.25, 0.3) is 0 Å². The lowest BCUT2D eigenvalue weighted by molar-refractivity contribution is 0.185. The maximum absolute atomic E-state index is 8.80. The predicted molar refractivity (Wildman–Crippen MR) is 31.3 cm³/mol. The molecule has 0 spiro atoms. The Labute approximate surface area is 56.7 Å². The molecule has 0 bridgehead atoms. The van der Waals surface area contributed by atoms with Crippen molar-refractivity contribution in [3.05, 3.63) is 23.0 Å². The molecule has 1 rings (SSSR count). The predicted octanol–water partition coefficient (Wildman–Crippen LogP) is 1.25. The zero-order valence-electron chi connectivity index (χ0n) is 4.37. The average Bonchev–Trinajstić information content (AvgIpc) is 2.15. The molecule has 0 saturated carbocycles. The minimum atomic E-state index is 0.139. The molecule has 9 heavy (non-hydrogen) atoms. The molecule has 0 aromatic carbocycles. The van der Waals surface area contributed by atoms with Gasteiger partial charge in [-0.2, -0.15) is 9.99 Å². The minimum Gasteiger partial charge on any atom is -0.426 e. The van der Waals surface area contributed by atoms with Gasteiger partial charge in [-0.25, -0.2) is 0 Å². The van der Waals surface area contributed by atoms with Crippen molar-refractivity contribution in [2.45, 2.75) is 0 Å². The number of aromatic nitrogens is 1. The fourth-order valence-corrected chi connectivity index (χ4v) is 0.643.